The summed E-state index contributed by atoms with van der Waals surface area (Å²) >= 11 is 0. The maximum absolute atomic E-state index is 12.3. The Morgan fingerprint density at radius 2 is 2.27 bits per heavy atom. The zero-order valence-corrected chi connectivity index (χ0v) is 8.74. The fourth-order valence-electron chi connectivity index (χ4n) is 1.68. The predicted molar refractivity (Wildman–Crippen MR) is 57.6 cm³/mol. The Balaban J connectivity index is 2.02. The van der Waals surface area contributed by atoms with Crippen molar-refractivity contribution in [3.05, 3.63) is 23.8 Å². The van der Waals surface area contributed by atoms with Gasteiger partial charge in [-0.3, -0.25) is 4.90 Å². The monoisotopic (exact) mass is 210 g/mol. The first-order chi connectivity index (χ1) is 7.19. The van der Waals surface area contributed by atoms with E-state index in [9.17, 15) is 4.39 Å². The lowest BCUT2D eigenvalue weighted by Gasteiger charge is -2.36. The van der Waals surface area contributed by atoms with Gasteiger partial charge in [0.1, 0.15) is 18.5 Å². The Hall–Kier alpha value is -1.29. The number of anilines is 1. The summed E-state index contributed by atoms with van der Waals surface area (Å²) in [7, 11) is 2.04. The Kier molecular flexibility index (Phi) is 2.77. The summed E-state index contributed by atoms with van der Waals surface area (Å²) in [6.07, 6.45) is 0.216. The minimum atomic E-state index is -0.489. The van der Waals surface area contributed by atoms with Crippen LogP contribution in [0.3, 0.4) is 0 Å². The molecule has 0 radical (unpaired) electrons. The lowest BCUT2D eigenvalue weighted by molar-refractivity contribution is 0.0393. The number of nitrogen functional groups attached to an aromatic ring is 1. The highest BCUT2D eigenvalue weighted by molar-refractivity contribution is 5.54. The van der Waals surface area contributed by atoms with Crippen LogP contribution in [0.1, 0.15) is 5.56 Å². The molecule has 1 saturated heterocycles. The van der Waals surface area contributed by atoms with Crippen molar-refractivity contribution in [1.29, 1.82) is 0 Å². The van der Waals surface area contributed by atoms with Crippen molar-refractivity contribution in [3.63, 3.8) is 0 Å². The van der Waals surface area contributed by atoms with E-state index in [1.165, 1.54) is 0 Å². The highest BCUT2D eigenvalue weighted by atomic mass is 19.1. The van der Waals surface area contributed by atoms with Crippen molar-refractivity contribution in [2.75, 3.05) is 25.9 Å². The molecule has 1 aliphatic heterocycles. The molecule has 0 atom stereocenters. The van der Waals surface area contributed by atoms with E-state index in [0.29, 0.717) is 17.0 Å². The molecule has 1 heterocycles. The van der Waals surface area contributed by atoms with E-state index in [1.807, 2.05) is 7.05 Å². The van der Waals surface area contributed by atoms with Crippen LogP contribution in [0, 0.1) is 0 Å². The average molecular weight is 210 g/mol. The van der Waals surface area contributed by atoms with E-state index in [0.717, 1.165) is 13.1 Å². The lowest BCUT2D eigenvalue weighted by atomic mass is 10.1. The number of halogens is 1. The number of likely N-dealkylation sites (tertiary alicyclic amines) is 1. The zero-order chi connectivity index (χ0) is 10.8. The van der Waals surface area contributed by atoms with Gasteiger partial charge in [0.25, 0.3) is 0 Å². The van der Waals surface area contributed by atoms with Crippen molar-refractivity contribution in [3.8, 4) is 5.75 Å². The van der Waals surface area contributed by atoms with Gasteiger partial charge >= 0.3 is 0 Å². The van der Waals surface area contributed by atoms with Crippen molar-refractivity contribution in [2.24, 2.45) is 0 Å². The average Bonchev–Trinajstić information content (AvgIpc) is 2.18. The lowest BCUT2D eigenvalue weighted by Crippen LogP contribution is -2.51. The van der Waals surface area contributed by atoms with Crippen LogP contribution in [0.15, 0.2) is 18.2 Å². The van der Waals surface area contributed by atoms with Gasteiger partial charge < -0.3 is 10.5 Å². The van der Waals surface area contributed by atoms with Gasteiger partial charge in [-0.1, -0.05) is 6.07 Å². The third-order valence-corrected chi connectivity index (χ3v) is 2.55. The smallest absolute Gasteiger partial charge is 0.142 e. The van der Waals surface area contributed by atoms with Crippen molar-refractivity contribution in [2.45, 2.75) is 12.8 Å². The van der Waals surface area contributed by atoms with Crippen molar-refractivity contribution in [1.82, 2.24) is 4.90 Å². The van der Waals surface area contributed by atoms with Crippen molar-refractivity contribution < 1.29 is 9.13 Å². The van der Waals surface area contributed by atoms with Gasteiger partial charge in [-0.2, -0.15) is 0 Å². The second kappa shape index (κ2) is 4.06. The quantitative estimate of drug-likeness (QED) is 0.767. The van der Waals surface area contributed by atoms with Crippen LogP contribution in [0.25, 0.3) is 0 Å². The third-order valence-electron chi connectivity index (χ3n) is 2.55. The molecule has 1 fully saturated rings. The van der Waals surface area contributed by atoms with E-state index in [1.54, 1.807) is 18.2 Å². The molecule has 0 unspecified atom stereocenters. The Bertz CT molecular complexity index is 350. The standard InChI is InChI=1S/C11H15FN2O/c1-14-6-9(7-14)15-11-3-2-8(5-12)4-10(11)13/h2-4,9H,5-7,13H2,1H3. The van der Waals surface area contributed by atoms with Crippen LogP contribution < -0.4 is 10.5 Å². The van der Waals surface area contributed by atoms with Crippen molar-refractivity contribution >= 4 is 5.69 Å². The fourth-order valence-corrected chi connectivity index (χ4v) is 1.68. The molecule has 4 heteroatoms. The number of ether oxygens (including phenoxy) is 1. The molecule has 0 aromatic heterocycles. The van der Waals surface area contributed by atoms with E-state index >= 15 is 0 Å². The van der Waals surface area contributed by atoms with Gasteiger partial charge in [0.15, 0.2) is 0 Å². The molecule has 2 rings (SSSR count). The fraction of sp³-hybridized carbons (Fsp3) is 0.455. The largest absolute Gasteiger partial charge is 0.486 e. The van der Waals surface area contributed by atoms with Gasteiger partial charge in [-0.15, -0.1) is 0 Å². The maximum atomic E-state index is 12.3. The number of rotatable bonds is 3. The van der Waals surface area contributed by atoms with Crippen LogP contribution in [0.4, 0.5) is 10.1 Å². The Morgan fingerprint density at radius 3 is 2.80 bits per heavy atom. The summed E-state index contributed by atoms with van der Waals surface area (Å²) in [4.78, 5) is 2.16. The van der Waals surface area contributed by atoms with Crippen LogP contribution in [0.5, 0.6) is 5.75 Å². The van der Waals surface area contributed by atoms with E-state index in [2.05, 4.69) is 4.90 Å². The number of benzene rings is 1. The van der Waals surface area contributed by atoms with Crippen LogP contribution in [0.2, 0.25) is 0 Å². The minimum absolute atomic E-state index is 0.216. The Morgan fingerprint density at radius 1 is 1.53 bits per heavy atom. The van der Waals surface area contributed by atoms with Crippen LogP contribution in [-0.2, 0) is 6.67 Å². The number of nitrogens with zero attached hydrogens (tertiary/aromatic N) is 1. The summed E-state index contributed by atoms with van der Waals surface area (Å²) < 4.78 is 18.0. The van der Waals surface area contributed by atoms with E-state index in [4.69, 9.17) is 10.5 Å². The molecule has 3 nitrogen and oxygen atoms in total. The number of nitrogens with two attached hydrogens (primary N) is 1. The van der Waals surface area contributed by atoms with Gasteiger partial charge in [0.05, 0.1) is 5.69 Å². The number of likely N-dealkylation sites (N-methyl/N-ethyl adjacent to an activating group) is 1. The van der Waals surface area contributed by atoms with Crippen LogP contribution >= 0.6 is 0 Å². The van der Waals surface area contributed by atoms with E-state index < -0.39 is 6.67 Å². The molecule has 82 valence electrons. The summed E-state index contributed by atoms with van der Waals surface area (Å²) in [6, 6.07) is 5.06. The molecule has 1 aliphatic rings. The summed E-state index contributed by atoms with van der Waals surface area (Å²) in [5.41, 5.74) is 6.86. The number of hydrogen-bond donors (Lipinski definition) is 1. The molecule has 0 bridgehead atoms. The molecule has 1 aromatic rings. The molecule has 0 saturated carbocycles. The SMILES string of the molecule is CN1CC(Oc2ccc(CF)cc2N)C1. The van der Waals surface area contributed by atoms with Gasteiger partial charge in [0.2, 0.25) is 0 Å². The first-order valence-electron chi connectivity index (χ1n) is 4.98. The molecular formula is C11H15FN2O. The summed E-state index contributed by atoms with van der Waals surface area (Å²) in [6.45, 7) is 1.35. The van der Waals surface area contributed by atoms with E-state index in [-0.39, 0.29) is 6.10 Å². The minimum Gasteiger partial charge on any atom is -0.486 e. The molecule has 0 aliphatic carbocycles. The zero-order valence-electron chi connectivity index (χ0n) is 8.74. The molecule has 0 spiro atoms. The number of hydrogen-bond acceptors (Lipinski definition) is 3. The third kappa shape index (κ3) is 2.21. The molecule has 2 N–H and O–H groups in total. The predicted octanol–water partition coefficient (Wildman–Crippen LogP) is 1.43. The number of alkyl halides is 1. The summed E-state index contributed by atoms with van der Waals surface area (Å²) in [5.74, 6) is 0.658. The maximum Gasteiger partial charge on any atom is 0.142 e. The molecular weight excluding hydrogens is 195 g/mol. The molecule has 0 amide bonds. The second-order valence-electron chi connectivity index (χ2n) is 3.97. The van der Waals surface area contributed by atoms with Crippen LogP contribution in [-0.4, -0.2) is 31.1 Å². The normalized spacial score (nSPS) is 17.5. The first kappa shape index (κ1) is 10.2. The molecule has 15 heavy (non-hydrogen) atoms. The second-order valence-corrected chi connectivity index (χ2v) is 3.97. The topological polar surface area (TPSA) is 38.5 Å². The first-order valence-corrected chi connectivity index (χ1v) is 4.98. The molecule has 1 aromatic carbocycles. The van der Waals surface area contributed by atoms with Gasteiger partial charge in [-0.25, -0.2) is 4.39 Å². The Labute approximate surface area is 88.6 Å². The highest BCUT2D eigenvalue weighted by Crippen LogP contribution is 2.25. The summed E-state index contributed by atoms with van der Waals surface area (Å²) in [5, 5.41) is 0. The highest BCUT2D eigenvalue weighted by Gasteiger charge is 2.25. The van der Waals surface area contributed by atoms with Gasteiger partial charge in [0, 0.05) is 13.1 Å². The van der Waals surface area contributed by atoms with Gasteiger partial charge in [-0.05, 0) is 24.7 Å².